The largest absolute Gasteiger partial charge is 0.491 e. The van der Waals surface area contributed by atoms with Crippen molar-refractivity contribution in [2.24, 2.45) is 0 Å². The van der Waals surface area contributed by atoms with Gasteiger partial charge in [-0.25, -0.2) is 0 Å². The molecule has 1 saturated heterocycles. The number of hydrogen-bond donors (Lipinski definition) is 0. The van der Waals surface area contributed by atoms with Crippen LogP contribution in [-0.4, -0.2) is 44.4 Å². The summed E-state index contributed by atoms with van der Waals surface area (Å²) in [6.07, 6.45) is 0.151. The number of morpholine rings is 1. The van der Waals surface area contributed by atoms with Crippen molar-refractivity contribution in [2.45, 2.75) is 6.10 Å². The lowest BCUT2D eigenvalue weighted by Gasteiger charge is -2.29. The van der Waals surface area contributed by atoms with Crippen LogP contribution >= 0.6 is 11.6 Å². The number of benzene rings is 1. The Morgan fingerprint density at radius 1 is 1.56 bits per heavy atom. The van der Waals surface area contributed by atoms with Crippen LogP contribution in [0.15, 0.2) is 24.3 Å². The molecule has 0 amide bonds. The predicted octanol–water partition coefficient (Wildman–Crippen LogP) is 2.05. The van der Waals surface area contributed by atoms with Gasteiger partial charge in [0.1, 0.15) is 18.5 Å². The zero-order chi connectivity index (χ0) is 11.4. The van der Waals surface area contributed by atoms with E-state index in [1.165, 1.54) is 0 Å². The standard InChI is InChI=1S/C12H16ClNO2/c1-14-5-6-15-12(8-14)9-16-11-4-2-3-10(13)7-11/h2-4,7,12H,5-6,8-9H2,1H3. The van der Waals surface area contributed by atoms with Crippen LogP contribution in [0.25, 0.3) is 0 Å². The van der Waals surface area contributed by atoms with Crippen LogP contribution in [0.3, 0.4) is 0 Å². The first-order valence-electron chi connectivity index (χ1n) is 5.42. The van der Waals surface area contributed by atoms with Gasteiger partial charge < -0.3 is 14.4 Å². The normalized spacial score (nSPS) is 22.0. The number of nitrogens with zero attached hydrogens (tertiary/aromatic N) is 1. The first kappa shape index (κ1) is 11.7. The highest BCUT2D eigenvalue weighted by atomic mass is 35.5. The van der Waals surface area contributed by atoms with Gasteiger partial charge in [0.25, 0.3) is 0 Å². The quantitative estimate of drug-likeness (QED) is 0.809. The summed E-state index contributed by atoms with van der Waals surface area (Å²) in [5.74, 6) is 0.796. The van der Waals surface area contributed by atoms with Gasteiger partial charge in [0, 0.05) is 18.1 Å². The maximum absolute atomic E-state index is 5.87. The summed E-state index contributed by atoms with van der Waals surface area (Å²) < 4.78 is 11.2. The molecular weight excluding hydrogens is 226 g/mol. The van der Waals surface area contributed by atoms with E-state index in [2.05, 4.69) is 11.9 Å². The maximum Gasteiger partial charge on any atom is 0.120 e. The molecule has 0 saturated carbocycles. The molecule has 1 aromatic rings. The van der Waals surface area contributed by atoms with E-state index in [0.717, 1.165) is 25.4 Å². The van der Waals surface area contributed by atoms with Gasteiger partial charge >= 0.3 is 0 Å². The smallest absolute Gasteiger partial charge is 0.120 e. The highest BCUT2D eigenvalue weighted by Crippen LogP contribution is 2.17. The van der Waals surface area contributed by atoms with Gasteiger partial charge in [-0.05, 0) is 25.2 Å². The third kappa shape index (κ3) is 3.37. The Bertz CT molecular complexity index is 346. The molecule has 1 aliphatic heterocycles. The van der Waals surface area contributed by atoms with Crippen molar-refractivity contribution < 1.29 is 9.47 Å². The predicted molar refractivity (Wildman–Crippen MR) is 64.2 cm³/mol. The molecule has 0 spiro atoms. The molecule has 0 bridgehead atoms. The number of likely N-dealkylation sites (N-methyl/N-ethyl adjacent to an activating group) is 1. The molecule has 16 heavy (non-hydrogen) atoms. The second kappa shape index (κ2) is 5.53. The molecule has 3 nitrogen and oxygen atoms in total. The fourth-order valence-electron chi connectivity index (χ4n) is 1.71. The highest BCUT2D eigenvalue weighted by molar-refractivity contribution is 6.30. The maximum atomic E-state index is 5.87. The van der Waals surface area contributed by atoms with Crippen LogP contribution in [0.1, 0.15) is 0 Å². The van der Waals surface area contributed by atoms with Crippen LogP contribution in [-0.2, 0) is 4.74 Å². The van der Waals surface area contributed by atoms with Crippen molar-refractivity contribution in [2.75, 3.05) is 33.4 Å². The van der Waals surface area contributed by atoms with Gasteiger partial charge in [-0.3, -0.25) is 0 Å². The Hall–Kier alpha value is -0.770. The van der Waals surface area contributed by atoms with Gasteiger partial charge in [0.2, 0.25) is 0 Å². The minimum atomic E-state index is 0.151. The molecule has 4 heteroatoms. The van der Waals surface area contributed by atoms with Crippen molar-refractivity contribution in [3.63, 3.8) is 0 Å². The minimum Gasteiger partial charge on any atom is -0.491 e. The number of halogens is 1. The average molecular weight is 242 g/mol. The zero-order valence-electron chi connectivity index (χ0n) is 9.36. The summed E-state index contributed by atoms with van der Waals surface area (Å²) in [6, 6.07) is 7.43. The lowest BCUT2D eigenvalue weighted by molar-refractivity contribution is -0.0403. The molecule has 1 unspecified atom stereocenters. The van der Waals surface area contributed by atoms with E-state index in [9.17, 15) is 0 Å². The summed E-state index contributed by atoms with van der Waals surface area (Å²) in [7, 11) is 2.09. The van der Waals surface area contributed by atoms with E-state index in [1.807, 2.05) is 24.3 Å². The van der Waals surface area contributed by atoms with Gasteiger partial charge in [-0.15, -0.1) is 0 Å². The molecule has 1 atom stereocenters. The Labute approximate surface area is 101 Å². The van der Waals surface area contributed by atoms with E-state index >= 15 is 0 Å². The molecule has 88 valence electrons. The molecule has 1 aliphatic rings. The highest BCUT2D eigenvalue weighted by Gasteiger charge is 2.18. The molecule has 1 heterocycles. The van der Waals surface area contributed by atoms with Crippen molar-refractivity contribution >= 4 is 11.6 Å². The SMILES string of the molecule is CN1CCOC(COc2cccc(Cl)c2)C1. The van der Waals surface area contributed by atoms with Crippen molar-refractivity contribution in [1.29, 1.82) is 0 Å². The van der Waals surface area contributed by atoms with Crippen LogP contribution in [0.2, 0.25) is 5.02 Å². The van der Waals surface area contributed by atoms with Crippen LogP contribution in [0.4, 0.5) is 0 Å². The van der Waals surface area contributed by atoms with E-state index in [0.29, 0.717) is 11.6 Å². The second-order valence-electron chi connectivity index (χ2n) is 4.02. The minimum absolute atomic E-state index is 0.151. The molecule has 2 rings (SSSR count). The lowest BCUT2D eigenvalue weighted by atomic mass is 10.3. The van der Waals surface area contributed by atoms with Crippen LogP contribution in [0, 0.1) is 0 Å². The molecular formula is C12H16ClNO2. The molecule has 1 fully saturated rings. The summed E-state index contributed by atoms with van der Waals surface area (Å²) in [5, 5.41) is 0.694. The summed E-state index contributed by atoms with van der Waals surface area (Å²) in [4.78, 5) is 2.25. The van der Waals surface area contributed by atoms with Gasteiger partial charge in [-0.2, -0.15) is 0 Å². The van der Waals surface area contributed by atoms with Gasteiger partial charge in [0.15, 0.2) is 0 Å². The van der Waals surface area contributed by atoms with Crippen molar-refractivity contribution in [3.8, 4) is 5.75 Å². The summed E-state index contributed by atoms with van der Waals surface area (Å²) in [6.45, 7) is 3.26. The molecule has 0 radical (unpaired) electrons. The molecule has 0 aliphatic carbocycles. The van der Waals surface area contributed by atoms with Gasteiger partial charge in [0.05, 0.1) is 6.61 Å². The van der Waals surface area contributed by atoms with E-state index in [-0.39, 0.29) is 6.10 Å². The topological polar surface area (TPSA) is 21.7 Å². The van der Waals surface area contributed by atoms with Crippen molar-refractivity contribution in [1.82, 2.24) is 4.90 Å². The molecule has 1 aromatic carbocycles. The zero-order valence-corrected chi connectivity index (χ0v) is 10.1. The Morgan fingerprint density at radius 3 is 3.19 bits per heavy atom. The lowest BCUT2D eigenvalue weighted by Crippen LogP contribution is -2.42. The van der Waals surface area contributed by atoms with Crippen LogP contribution in [0.5, 0.6) is 5.75 Å². The van der Waals surface area contributed by atoms with E-state index < -0.39 is 0 Å². The Balaban J connectivity index is 1.82. The summed E-state index contributed by atoms with van der Waals surface area (Å²) in [5.41, 5.74) is 0. The Morgan fingerprint density at radius 2 is 2.44 bits per heavy atom. The summed E-state index contributed by atoms with van der Waals surface area (Å²) >= 11 is 5.87. The third-order valence-electron chi connectivity index (χ3n) is 2.57. The number of hydrogen-bond acceptors (Lipinski definition) is 3. The van der Waals surface area contributed by atoms with E-state index in [4.69, 9.17) is 21.1 Å². The number of rotatable bonds is 3. The van der Waals surface area contributed by atoms with Crippen molar-refractivity contribution in [3.05, 3.63) is 29.3 Å². The third-order valence-corrected chi connectivity index (χ3v) is 2.81. The van der Waals surface area contributed by atoms with Gasteiger partial charge in [-0.1, -0.05) is 17.7 Å². The first-order chi connectivity index (χ1) is 7.74. The fraction of sp³-hybridized carbons (Fsp3) is 0.500. The van der Waals surface area contributed by atoms with E-state index in [1.54, 1.807) is 0 Å². The molecule has 0 N–H and O–H groups in total. The monoisotopic (exact) mass is 241 g/mol. The average Bonchev–Trinajstić information content (AvgIpc) is 2.27. The number of ether oxygens (including phenoxy) is 2. The van der Waals surface area contributed by atoms with Crippen LogP contribution < -0.4 is 4.74 Å². The second-order valence-corrected chi connectivity index (χ2v) is 4.46. The first-order valence-corrected chi connectivity index (χ1v) is 5.80. The fourth-order valence-corrected chi connectivity index (χ4v) is 1.89. The Kier molecular flexibility index (Phi) is 4.04. The molecule has 0 aromatic heterocycles.